The summed E-state index contributed by atoms with van der Waals surface area (Å²) in [4.78, 5) is 12.0. The Morgan fingerprint density at radius 2 is 1.96 bits per heavy atom. The second kappa shape index (κ2) is 5.26. The van der Waals surface area contributed by atoms with E-state index in [-0.39, 0.29) is 0 Å². The monoisotopic (exact) mass is 356 g/mol. The highest BCUT2D eigenvalue weighted by Crippen LogP contribution is 2.18. The first kappa shape index (κ1) is 14.2. The molecule has 2 aliphatic rings. The minimum Gasteiger partial charge on any atom is -0.342 e. The van der Waals surface area contributed by atoms with E-state index in [1.165, 1.54) is 0 Å². The number of aromatic nitrogens is 6. The fourth-order valence-corrected chi connectivity index (χ4v) is 3.23. The van der Waals surface area contributed by atoms with E-state index < -0.39 is 0 Å². The molecule has 6 heterocycles. The fraction of sp³-hybridized carbons (Fsp3) is 0. The fourth-order valence-electron chi connectivity index (χ4n) is 3.23. The van der Waals surface area contributed by atoms with Crippen molar-refractivity contribution in [3.05, 3.63) is 79.7 Å². The maximum atomic E-state index is 4.69. The van der Waals surface area contributed by atoms with Crippen LogP contribution < -0.4 is 10.2 Å². The van der Waals surface area contributed by atoms with Gasteiger partial charge in [-0.3, -0.25) is 4.90 Å². The number of imidazole rings is 1. The highest BCUT2D eigenvalue weighted by Gasteiger charge is 2.22. The molecule has 0 saturated heterocycles. The van der Waals surface area contributed by atoms with Gasteiger partial charge in [-0.15, -0.1) is 0 Å². The van der Waals surface area contributed by atoms with Crippen molar-refractivity contribution in [3.8, 4) is 11.4 Å². The summed E-state index contributed by atoms with van der Waals surface area (Å²) in [5.74, 6) is 1.88. The zero-order valence-electron chi connectivity index (χ0n) is 14.1. The Bertz CT molecular complexity index is 1240. The average molecular weight is 356 g/mol. The number of nitrogens with zero attached hydrogens (tertiary/aromatic N) is 7. The summed E-state index contributed by atoms with van der Waals surface area (Å²) in [6.45, 7) is 0. The zero-order valence-corrected chi connectivity index (χ0v) is 14.1. The minimum atomic E-state index is 0.771. The molecule has 0 radical (unpaired) electrons. The summed E-state index contributed by atoms with van der Waals surface area (Å²) in [5, 5.41) is 12.4. The molecule has 1 atom stereocenters. The molecule has 0 bridgehead atoms. The largest absolute Gasteiger partial charge is 0.342 e. The molecule has 0 aromatic carbocycles. The molecule has 130 valence electrons. The standard InChI is InChI=1S/C18H13N9/c1-4-19-16-10-14(23-26(16)6-1)13-2-3-15-21-18(12-27(15)22-13)25-9-8-24-7-5-20-17(24)11-25/h1-12,20H/p+1. The summed E-state index contributed by atoms with van der Waals surface area (Å²) < 4.78 is 3.53. The molecular formula is C18H14N9+. The van der Waals surface area contributed by atoms with Crippen molar-refractivity contribution in [1.82, 2.24) is 39.4 Å². The predicted molar refractivity (Wildman–Crippen MR) is 96.9 cm³/mol. The van der Waals surface area contributed by atoms with Crippen LogP contribution in [0.5, 0.6) is 0 Å². The van der Waals surface area contributed by atoms with Crippen LogP contribution in [0.1, 0.15) is 0 Å². The van der Waals surface area contributed by atoms with Crippen molar-refractivity contribution in [2.24, 2.45) is 0 Å². The number of rotatable bonds is 2. The van der Waals surface area contributed by atoms with Crippen LogP contribution in [-0.2, 0) is 0 Å². The van der Waals surface area contributed by atoms with Gasteiger partial charge in [0, 0.05) is 30.9 Å². The van der Waals surface area contributed by atoms with Crippen molar-refractivity contribution < 1.29 is 4.90 Å². The Balaban J connectivity index is 1.39. The second-order valence-electron chi connectivity index (χ2n) is 6.27. The Kier molecular flexibility index (Phi) is 2.77. The molecule has 0 fully saturated rings. The van der Waals surface area contributed by atoms with E-state index in [0.717, 1.165) is 39.2 Å². The molecule has 1 unspecified atom stereocenters. The molecule has 2 N–H and O–H groups in total. The van der Waals surface area contributed by atoms with E-state index in [0.29, 0.717) is 0 Å². The van der Waals surface area contributed by atoms with Gasteiger partial charge in [-0.1, -0.05) is 0 Å². The Morgan fingerprint density at radius 3 is 2.93 bits per heavy atom. The van der Waals surface area contributed by atoms with E-state index >= 15 is 0 Å². The summed E-state index contributed by atoms with van der Waals surface area (Å²) in [7, 11) is 0. The number of quaternary nitrogens is 1. The van der Waals surface area contributed by atoms with Gasteiger partial charge < -0.3 is 5.32 Å². The lowest BCUT2D eigenvalue weighted by molar-refractivity contribution is -0.719. The molecule has 2 aliphatic heterocycles. The Hall–Kier alpha value is -3.98. The van der Waals surface area contributed by atoms with Gasteiger partial charge in [0.15, 0.2) is 17.1 Å². The molecule has 4 aromatic heterocycles. The molecule has 0 aliphatic carbocycles. The van der Waals surface area contributed by atoms with E-state index in [2.05, 4.69) is 26.7 Å². The lowest BCUT2D eigenvalue weighted by Crippen LogP contribution is -2.98. The first-order chi connectivity index (χ1) is 13.3. The molecule has 9 heteroatoms. The molecule has 0 amide bonds. The van der Waals surface area contributed by atoms with Crippen molar-refractivity contribution in [3.63, 3.8) is 0 Å². The van der Waals surface area contributed by atoms with Gasteiger partial charge in [0.1, 0.15) is 30.0 Å². The molecule has 4 aromatic rings. The van der Waals surface area contributed by atoms with Crippen LogP contribution in [0.15, 0.2) is 79.7 Å². The molecule has 9 nitrogen and oxygen atoms in total. The first-order valence-corrected chi connectivity index (χ1v) is 8.49. The van der Waals surface area contributed by atoms with Gasteiger partial charge in [-0.25, -0.2) is 18.9 Å². The molecular weight excluding hydrogens is 342 g/mol. The topological polar surface area (TPSA) is 80.1 Å². The normalized spacial score (nSPS) is 18.1. The van der Waals surface area contributed by atoms with Crippen LogP contribution >= 0.6 is 0 Å². The SMILES string of the molecule is C1=CN2C=C[NH+](c3cn4nc(-c5cc6ncccn6n5)ccc4n3)C=C2N1. The molecule has 6 rings (SSSR count). The second-order valence-corrected chi connectivity index (χ2v) is 6.27. The lowest BCUT2D eigenvalue weighted by atomic mass is 10.3. The lowest BCUT2D eigenvalue weighted by Gasteiger charge is -2.18. The van der Waals surface area contributed by atoms with E-state index in [9.17, 15) is 0 Å². The van der Waals surface area contributed by atoms with Crippen LogP contribution in [0.25, 0.3) is 22.7 Å². The van der Waals surface area contributed by atoms with Gasteiger partial charge in [0.25, 0.3) is 5.82 Å². The van der Waals surface area contributed by atoms with Crippen LogP contribution in [-0.4, -0.2) is 34.1 Å². The smallest absolute Gasteiger partial charge is 0.256 e. The van der Waals surface area contributed by atoms with Crippen LogP contribution in [0.3, 0.4) is 0 Å². The van der Waals surface area contributed by atoms with E-state index in [1.807, 2.05) is 66.4 Å². The average Bonchev–Trinajstić information content (AvgIpc) is 3.42. The highest BCUT2D eigenvalue weighted by atomic mass is 15.3. The minimum absolute atomic E-state index is 0.771. The number of nitrogens with one attached hydrogen (secondary N) is 2. The maximum absolute atomic E-state index is 4.69. The third-order valence-electron chi connectivity index (χ3n) is 4.57. The maximum Gasteiger partial charge on any atom is 0.256 e. The zero-order chi connectivity index (χ0) is 17.8. The van der Waals surface area contributed by atoms with Gasteiger partial charge in [0.05, 0.1) is 6.20 Å². The Labute approximate surface area is 153 Å². The number of fused-ring (bicyclic) bond motifs is 3. The summed E-state index contributed by atoms with van der Waals surface area (Å²) in [5.41, 5.74) is 3.12. The van der Waals surface area contributed by atoms with Gasteiger partial charge in [-0.2, -0.15) is 15.2 Å². The first-order valence-electron chi connectivity index (χ1n) is 8.49. The predicted octanol–water partition coefficient (Wildman–Crippen LogP) is 0.615. The van der Waals surface area contributed by atoms with Crippen LogP contribution in [0, 0.1) is 0 Å². The van der Waals surface area contributed by atoms with Crippen molar-refractivity contribution in [2.45, 2.75) is 0 Å². The highest BCUT2D eigenvalue weighted by molar-refractivity contribution is 5.61. The van der Waals surface area contributed by atoms with Crippen molar-refractivity contribution >= 4 is 17.1 Å². The molecule has 0 spiro atoms. The molecule has 0 saturated carbocycles. The van der Waals surface area contributed by atoms with Crippen molar-refractivity contribution in [1.29, 1.82) is 0 Å². The van der Waals surface area contributed by atoms with Gasteiger partial charge >= 0.3 is 0 Å². The molecule has 27 heavy (non-hydrogen) atoms. The van der Waals surface area contributed by atoms with Gasteiger partial charge in [-0.05, 0) is 18.2 Å². The van der Waals surface area contributed by atoms with Crippen molar-refractivity contribution in [2.75, 3.05) is 0 Å². The number of hydrogen-bond donors (Lipinski definition) is 2. The quantitative estimate of drug-likeness (QED) is 0.548. The van der Waals surface area contributed by atoms with Crippen LogP contribution in [0.4, 0.5) is 5.82 Å². The van der Waals surface area contributed by atoms with Crippen LogP contribution in [0.2, 0.25) is 0 Å². The summed E-state index contributed by atoms with van der Waals surface area (Å²) in [6.07, 6.45) is 15.5. The summed E-state index contributed by atoms with van der Waals surface area (Å²) in [6, 6.07) is 7.65. The van der Waals surface area contributed by atoms with Gasteiger partial charge in [0.2, 0.25) is 0 Å². The Morgan fingerprint density at radius 1 is 1.00 bits per heavy atom. The number of hydrogen-bond acceptors (Lipinski definition) is 6. The summed E-state index contributed by atoms with van der Waals surface area (Å²) >= 11 is 0. The third kappa shape index (κ3) is 2.22. The van der Waals surface area contributed by atoms with E-state index in [1.54, 1.807) is 15.2 Å². The van der Waals surface area contributed by atoms with E-state index in [4.69, 9.17) is 4.98 Å². The third-order valence-corrected chi connectivity index (χ3v) is 4.57.